The minimum atomic E-state index is -2.99. The summed E-state index contributed by atoms with van der Waals surface area (Å²) in [6, 6.07) is 6.12. The zero-order valence-corrected chi connectivity index (χ0v) is 10.5. The highest BCUT2D eigenvalue weighted by Crippen LogP contribution is 2.29. The molecule has 0 spiro atoms. The molecule has 1 rings (SSSR count). The summed E-state index contributed by atoms with van der Waals surface area (Å²) in [5.74, 6) is -3.00. The minimum Gasteiger partial charge on any atom is -0.469 e. The highest BCUT2D eigenvalue weighted by molar-refractivity contribution is 9.10. The summed E-state index contributed by atoms with van der Waals surface area (Å²) in [6.45, 7) is 0. The lowest BCUT2D eigenvalue weighted by Gasteiger charge is -2.20. The molecule has 0 bridgehead atoms. The van der Waals surface area contributed by atoms with E-state index in [0.717, 1.165) is 11.6 Å². The first-order chi connectivity index (χ1) is 7.97. The van der Waals surface area contributed by atoms with Gasteiger partial charge in [-0.1, -0.05) is 28.1 Å². The number of aliphatic hydroxyl groups excluding tert-OH is 1. The molecule has 2 atom stereocenters. The number of methoxy groups -OCH3 is 1. The van der Waals surface area contributed by atoms with Crippen molar-refractivity contribution in [1.82, 2.24) is 0 Å². The number of carbonyl (C=O) groups is 1. The number of hydrogen-bond acceptors (Lipinski definition) is 3. The molecule has 0 radical (unpaired) electrons. The van der Waals surface area contributed by atoms with Crippen LogP contribution in [-0.4, -0.2) is 24.6 Å². The fraction of sp³-hybridized carbons (Fsp3) is 0.364. The fourth-order valence-corrected chi connectivity index (χ4v) is 1.64. The zero-order valence-electron chi connectivity index (χ0n) is 8.94. The van der Waals surface area contributed by atoms with Crippen LogP contribution in [0.1, 0.15) is 11.7 Å². The molecule has 2 unspecified atom stereocenters. The van der Waals surface area contributed by atoms with Gasteiger partial charge < -0.3 is 9.84 Å². The monoisotopic (exact) mass is 308 g/mol. The Kier molecular flexibility index (Phi) is 5.02. The molecule has 0 aromatic heterocycles. The second-order valence-corrected chi connectivity index (χ2v) is 4.30. The fourth-order valence-electron chi connectivity index (χ4n) is 1.37. The lowest BCUT2D eigenvalue weighted by atomic mass is 9.96. The van der Waals surface area contributed by atoms with Gasteiger partial charge in [0.2, 0.25) is 0 Å². The van der Waals surface area contributed by atoms with E-state index in [-0.39, 0.29) is 5.56 Å². The quantitative estimate of drug-likeness (QED) is 0.870. The van der Waals surface area contributed by atoms with Crippen LogP contribution in [0, 0.1) is 5.92 Å². The van der Waals surface area contributed by atoms with E-state index in [2.05, 4.69) is 20.7 Å². The van der Waals surface area contributed by atoms with Gasteiger partial charge in [0, 0.05) is 4.47 Å². The van der Waals surface area contributed by atoms with E-state index in [0.29, 0.717) is 0 Å². The molecule has 17 heavy (non-hydrogen) atoms. The van der Waals surface area contributed by atoms with E-state index in [1.165, 1.54) is 12.1 Å². The van der Waals surface area contributed by atoms with Crippen LogP contribution in [0.3, 0.4) is 0 Å². The molecule has 1 aromatic carbocycles. The number of benzene rings is 1. The average Bonchev–Trinajstić information content (AvgIpc) is 2.29. The van der Waals surface area contributed by atoms with Crippen molar-refractivity contribution in [2.24, 2.45) is 5.92 Å². The Hall–Kier alpha value is -1.01. The lowest BCUT2D eigenvalue weighted by Crippen LogP contribution is -2.30. The Bertz CT molecular complexity index is 381. The molecule has 0 heterocycles. The number of carbonyl (C=O) groups excluding carboxylic acids is 1. The molecule has 0 aliphatic carbocycles. The Labute approximate surface area is 106 Å². The second-order valence-electron chi connectivity index (χ2n) is 3.38. The van der Waals surface area contributed by atoms with Gasteiger partial charge in [-0.25, -0.2) is 8.78 Å². The summed E-state index contributed by atoms with van der Waals surface area (Å²) in [5.41, 5.74) is 0.240. The van der Waals surface area contributed by atoms with Crippen LogP contribution in [-0.2, 0) is 9.53 Å². The highest BCUT2D eigenvalue weighted by Gasteiger charge is 2.37. The van der Waals surface area contributed by atoms with Crippen LogP contribution >= 0.6 is 15.9 Å². The maximum absolute atomic E-state index is 12.7. The third kappa shape index (κ3) is 3.47. The Morgan fingerprint density at radius 1 is 1.35 bits per heavy atom. The molecule has 0 fully saturated rings. The van der Waals surface area contributed by atoms with Crippen molar-refractivity contribution in [2.45, 2.75) is 12.5 Å². The molecular formula is C11H11BrF2O3. The molecule has 94 valence electrons. The van der Waals surface area contributed by atoms with Gasteiger partial charge in [-0.2, -0.15) is 0 Å². The molecule has 0 amide bonds. The Morgan fingerprint density at radius 2 is 1.88 bits per heavy atom. The smallest absolute Gasteiger partial charge is 0.317 e. The van der Waals surface area contributed by atoms with E-state index in [1.807, 2.05) is 0 Å². The number of aliphatic hydroxyl groups is 1. The molecule has 1 aromatic rings. The zero-order chi connectivity index (χ0) is 13.0. The largest absolute Gasteiger partial charge is 0.469 e. The van der Waals surface area contributed by atoms with Crippen molar-refractivity contribution in [3.63, 3.8) is 0 Å². The first-order valence-electron chi connectivity index (χ1n) is 4.77. The van der Waals surface area contributed by atoms with Gasteiger partial charge in [-0.05, 0) is 17.7 Å². The summed E-state index contributed by atoms with van der Waals surface area (Å²) in [4.78, 5) is 11.2. The summed E-state index contributed by atoms with van der Waals surface area (Å²) in [6.07, 6.45) is -4.57. The van der Waals surface area contributed by atoms with Gasteiger partial charge in [-0.15, -0.1) is 0 Å². The standard InChI is InChI=1S/C11H11BrF2O3/c1-17-11(16)8(10(13)14)9(15)6-2-4-7(12)5-3-6/h2-5,8-10,15H,1H3. The molecule has 0 aliphatic rings. The van der Waals surface area contributed by atoms with Gasteiger partial charge in [0.1, 0.15) is 5.92 Å². The van der Waals surface area contributed by atoms with Crippen LogP contribution in [0.25, 0.3) is 0 Å². The maximum atomic E-state index is 12.7. The normalized spacial score (nSPS) is 14.5. The number of halogens is 3. The van der Waals surface area contributed by atoms with E-state index in [9.17, 15) is 18.7 Å². The summed E-state index contributed by atoms with van der Waals surface area (Å²) in [7, 11) is 1.01. The van der Waals surface area contributed by atoms with Crippen LogP contribution in [0.5, 0.6) is 0 Å². The van der Waals surface area contributed by atoms with E-state index in [1.54, 1.807) is 12.1 Å². The number of rotatable bonds is 4. The van der Waals surface area contributed by atoms with Gasteiger partial charge in [0.05, 0.1) is 13.2 Å². The molecule has 0 saturated heterocycles. The number of esters is 1. The van der Waals surface area contributed by atoms with Crippen LogP contribution in [0.2, 0.25) is 0 Å². The highest BCUT2D eigenvalue weighted by atomic mass is 79.9. The summed E-state index contributed by atoms with van der Waals surface area (Å²) in [5, 5.41) is 9.75. The third-order valence-corrected chi connectivity index (χ3v) is 2.83. The molecule has 0 saturated carbocycles. The van der Waals surface area contributed by atoms with Crippen molar-refractivity contribution >= 4 is 21.9 Å². The van der Waals surface area contributed by atoms with Crippen molar-refractivity contribution < 1.29 is 23.4 Å². The van der Waals surface area contributed by atoms with Crippen molar-refractivity contribution in [2.75, 3.05) is 7.11 Å². The Balaban J connectivity index is 2.95. The molecule has 0 aliphatic heterocycles. The Morgan fingerprint density at radius 3 is 2.29 bits per heavy atom. The summed E-state index contributed by atoms with van der Waals surface area (Å²) < 4.78 is 30.4. The van der Waals surface area contributed by atoms with E-state index < -0.39 is 24.4 Å². The third-order valence-electron chi connectivity index (χ3n) is 2.30. The molecule has 1 N–H and O–H groups in total. The average molecular weight is 309 g/mol. The van der Waals surface area contributed by atoms with Crippen LogP contribution < -0.4 is 0 Å². The minimum absolute atomic E-state index is 0.240. The lowest BCUT2D eigenvalue weighted by molar-refractivity contribution is -0.157. The van der Waals surface area contributed by atoms with Gasteiger partial charge in [0.25, 0.3) is 6.43 Å². The van der Waals surface area contributed by atoms with Gasteiger partial charge >= 0.3 is 5.97 Å². The summed E-state index contributed by atoms with van der Waals surface area (Å²) >= 11 is 3.18. The van der Waals surface area contributed by atoms with Crippen molar-refractivity contribution in [3.8, 4) is 0 Å². The molecule has 3 nitrogen and oxygen atoms in total. The molecule has 6 heteroatoms. The topological polar surface area (TPSA) is 46.5 Å². The van der Waals surface area contributed by atoms with Crippen LogP contribution in [0.4, 0.5) is 8.78 Å². The predicted molar refractivity (Wildman–Crippen MR) is 60.6 cm³/mol. The van der Waals surface area contributed by atoms with Crippen LogP contribution in [0.15, 0.2) is 28.7 Å². The van der Waals surface area contributed by atoms with E-state index >= 15 is 0 Å². The van der Waals surface area contributed by atoms with Crippen molar-refractivity contribution in [1.29, 1.82) is 0 Å². The van der Waals surface area contributed by atoms with Crippen molar-refractivity contribution in [3.05, 3.63) is 34.3 Å². The van der Waals surface area contributed by atoms with Gasteiger partial charge in [0.15, 0.2) is 0 Å². The second kappa shape index (κ2) is 6.07. The maximum Gasteiger partial charge on any atom is 0.317 e. The number of alkyl halides is 2. The molecular weight excluding hydrogens is 298 g/mol. The number of hydrogen-bond donors (Lipinski definition) is 1. The van der Waals surface area contributed by atoms with Gasteiger partial charge in [-0.3, -0.25) is 4.79 Å². The predicted octanol–water partition coefficient (Wildman–Crippen LogP) is 2.54. The number of ether oxygens (including phenoxy) is 1. The SMILES string of the molecule is COC(=O)C(C(F)F)C(O)c1ccc(Br)cc1. The van der Waals surface area contributed by atoms with E-state index in [4.69, 9.17) is 0 Å². The first-order valence-corrected chi connectivity index (χ1v) is 5.56. The first kappa shape index (κ1) is 14.1.